The van der Waals surface area contributed by atoms with Crippen molar-refractivity contribution in [1.82, 2.24) is 10.3 Å². The van der Waals surface area contributed by atoms with Crippen molar-refractivity contribution in [3.8, 4) is 0 Å². The van der Waals surface area contributed by atoms with Crippen molar-refractivity contribution in [3.63, 3.8) is 0 Å². The lowest BCUT2D eigenvalue weighted by molar-refractivity contribution is -0.129. The molecule has 0 saturated carbocycles. The molecule has 1 saturated heterocycles. The second-order valence-electron chi connectivity index (χ2n) is 4.64. The number of ether oxygens (including phenoxy) is 1. The normalized spacial score (nSPS) is 18.3. The van der Waals surface area contributed by atoms with Crippen LogP contribution >= 0.6 is 0 Å². The van der Waals surface area contributed by atoms with Crippen LogP contribution in [0.15, 0.2) is 24.5 Å². The van der Waals surface area contributed by atoms with E-state index in [0.29, 0.717) is 32.6 Å². The fourth-order valence-electron chi connectivity index (χ4n) is 2.01. The molecular weight excluding hydrogens is 230 g/mol. The number of hydrogen-bond acceptors (Lipinski definition) is 4. The van der Waals surface area contributed by atoms with Gasteiger partial charge in [-0.05, 0) is 30.9 Å². The standard InChI is InChI=1S/C13H19N3O2/c14-13(4-8-18-9-5-13)12(17)16-7-3-11-2-1-6-15-10-11/h1-2,6,10H,3-5,7-9,14H2,(H,16,17). The summed E-state index contributed by atoms with van der Waals surface area (Å²) in [4.78, 5) is 16.0. The van der Waals surface area contributed by atoms with Gasteiger partial charge in [0.05, 0.1) is 5.54 Å². The van der Waals surface area contributed by atoms with Crippen LogP contribution in [0.1, 0.15) is 18.4 Å². The summed E-state index contributed by atoms with van der Waals surface area (Å²) < 4.78 is 5.22. The maximum atomic E-state index is 12.0. The summed E-state index contributed by atoms with van der Waals surface area (Å²) in [5.74, 6) is -0.0744. The number of carbonyl (C=O) groups excluding carboxylic acids is 1. The molecule has 5 nitrogen and oxygen atoms in total. The van der Waals surface area contributed by atoms with Crippen LogP contribution in [0.25, 0.3) is 0 Å². The molecule has 1 amide bonds. The van der Waals surface area contributed by atoms with Crippen molar-refractivity contribution in [2.45, 2.75) is 24.8 Å². The highest BCUT2D eigenvalue weighted by Gasteiger charge is 2.35. The van der Waals surface area contributed by atoms with Gasteiger partial charge in [-0.15, -0.1) is 0 Å². The number of nitrogens with one attached hydrogen (secondary N) is 1. The third kappa shape index (κ3) is 3.27. The van der Waals surface area contributed by atoms with Crippen LogP contribution in [0.5, 0.6) is 0 Å². The Morgan fingerprint density at radius 3 is 2.94 bits per heavy atom. The molecule has 2 heterocycles. The molecule has 3 N–H and O–H groups in total. The van der Waals surface area contributed by atoms with Crippen LogP contribution in [-0.2, 0) is 16.0 Å². The van der Waals surface area contributed by atoms with Gasteiger partial charge in [0.15, 0.2) is 0 Å². The topological polar surface area (TPSA) is 77.2 Å². The van der Waals surface area contributed by atoms with Gasteiger partial charge in [0.25, 0.3) is 0 Å². The summed E-state index contributed by atoms with van der Waals surface area (Å²) in [6.07, 6.45) is 5.49. The molecule has 1 fully saturated rings. The van der Waals surface area contributed by atoms with Gasteiger partial charge < -0.3 is 15.8 Å². The van der Waals surface area contributed by atoms with Gasteiger partial charge in [0, 0.05) is 32.2 Å². The Bertz CT molecular complexity index is 388. The third-order valence-corrected chi connectivity index (χ3v) is 3.26. The van der Waals surface area contributed by atoms with Gasteiger partial charge in [0.1, 0.15) is 0 Å². The lowest BCUT2D eigenvalue weighted by Crippen LogP contribution is -2.57. The van der Waals surface area contributed by atoms with Gasteiger partial charge >= 0.3 is 0 Å². The van der Waals surface area contributed by atoms with E-state index in [1.54, 1.807) is 12.4 Å². The van der Waals surface area contributed by atoms with E-state index in [4.69, 9.17) is 10.5 Å². The zero-order chi connectivity index (χ0) is 12.8. The summed E-state index contributed by atoms with van der Waals surface area (Å²) in [7, 11) is 0. The molecule has 98 valence electrons. The highest BCUT2D eigenvalue weighted by Crippen LogP contribution is 2.17. The van der Waals surface area contributed by atoms with Crippen molar-refractivity contribution in [1.29, 1.82) is 0 Å². The molecule has 0 spiro atoms. The Balaban J connectivity index is 1.78. The Hall–Kier alpha value is -1.46. The molecule has 1 aliphatic rings. The number of pyridine rings is 1. The molecule has 0 bridgehead atoms. The molecule has 0 aliphatic carbocycles. The summed E-state index contributed by atoms with van der Waals surface area (Å²) >= 11 is 0. The van der Waals surface area contributed by atoms with E-state index < -0.39 is 5.54 Å². The summed E-state index contributed by atoms with van der Waals surface area (Å²) in [5, 5.41) is 2.89. The largest absolute Gasteiger partial charge is 0.381 e. The Morgan fingerprint density at radius 1 is 1.50 bits per heavy atom. The first-order valence-corrected chi connectivity index (χ1v) is 6.24. The zero-order valence-corrected chi connectivity index (χ0v) is 10.4. The smallest absolute Gasteiger partial charge is 0.240 e. The maximum Gasteiger partial charge on any atom is 0.240 e. The molecule has 2 rings (SSSR count). The highest BCUT2D eigenvalue weighted by molar-refractivity contribution is 5.86. The van der Waals surface area contributed by atoms with Crippen molar-refractivity contribution in [2.24, 2.45) is 5.73 Å². The molecule has 0 radical (unpaired) electrons. The second-order valence-corrected chi connectivity index (χ2v) is 4.64. The average molecular weight is 249 g/mol. The Labute approximate surface area is 107 Å². The highest BCUT2D eigenvalue weighted by atomic mass is 16.5. The van der Waals surface area contributed by atoms with Gasteiger partial charge in [-0.1, -0.05) is 6.07 Å². The van der Waals surface area contributed by atoms with Crippen LogP contribution in [-0.4, -0.2) is 36.2 Å². The average Bonchev–Trinajstić information content (AvgIpc) is 2.41. The van der Waals surface area contributed by atoms with Crippen molar-refractivity contribution >= 4 is 5.91 Å². The SMILES string of the molecule is NC1(C(=O)NCCc2cccnc2)CCOCC1. The Kier molecular flexibility index (Phi) is 4.28. The summed E-state index contributed by atoms with van der Waals surface area (Å²) in [5.41, 5.74) is 6.43. The number of amides is 1. The number of aromatic nitrogens is 1. The predicted octanol–water partition coefficient (Wildman–Crippen LogP) is 0.248. The number of nitrogens with zero attached hydrogens (tertiary/aromatic N) is 1. The number of rotatable bonds is 4. The molecule has 0 atom stereocenters. The number of carbonyl (C=O) groups is 1. The molecule has 1 aromatic rings. The number of hydrogen-bond donors (Lipinski definition) is 2. The molecule has 5 heteroatoms. The van der Waals surface area contributed by atoms with Gasteiger partial charge in [-0.2, -0.15) is 0 Å². The fourth-order valence-corrected chi connectivity index (χ4v) is 2.01. The molecular formula is C13H19N3O2. The maximum absolute atomic E-state index is 12.0. The van der Waals surface area contributed by atoms with E-state index >= 15 is 0 Å². The van der Waals surface area contributed by atoms with Crippen LogP contribution in [0.2, 0.25) is 0 Å². The summed E-state index contributed by atoms with van der Waals surface area (Å²) in [6, 6.07) is 3.88. The monoisotopic (exact) mass is 249 g/mol. The van der Waals surface area contributed by atoms with E-state index in [9.17, 15) is 4.79 Å². The predicted molar refractivity (Wildman–Crippen MR) is 67.9 cm³/mol. The van der Waals surface area contributed by atoms with E-state index in [2.05, 4.69) is 10.3 Å². The lowest BCUT2D eigenvalue weighted by Gasteiger charge is -2.31. The van der Waals surface area contributed by atoms with Crippen molar-refractivity contribution in [3.05, 3.63) is 30.1 Å². The first-order valence-electron chi connectivity index (χ1n) is 6.24. The minimum Gasteiger partial charge on any atom is -0.381 e. The molecule has 0 aromatic carbocycles. The molecule has 1 aliphatic heterocycles. The minimum absolute atomic E-state index is 0.0744. The third-order valence-electron chi connectivity index (χ3n) is 3.26. The Morgan fingerprint density at radius 2 is 2.28 bits per heavy atom. The van der Waals surface area contributed by atoms with Crippen LogP contribution < -0.4 is 11.1 Å². The van der Waals surface area contributed by atoms with E-state index in [-0.39, 0.29) is 5.91 Å². The minimum atomic E-state index is -0.757. The van der Waals surface area contributed by atoms with Gasteiger partial charge in [-0.25, -0.2) is 0 Å². The quantitative estimate of drug-likeness (QED) is 0.802. The van der Waals surface area contributed by atoms with Gasteiger partial charge in [0.2, 0.25) is 5.91 Å². The van der Waals surface area contributed by atoms with Gasteiger partial charge in [-0.3, -0.25) is 9.78 Å². The molecule has 1 aromatic heterocycles. The van der Waals surface area contributed by atoms with Crippen molar-refractivity contribution < 1.29 is 9.53 Å². The number of nitrogens with two attached hydrogens (primary N) is 1. The second kappa shape index (κ2) is 5.93. The van der Waals surface area contributed by atoms with E-state index in [0.717, 1.165) is 12.0 Å². The van der Waals surface area contributed by atoms with E-state index in [1.807, 2.05) is 12.1 Å². The summed E-state index contributed by atoms with van der Waals surface area (Å²) in [6.45, 7) is 1.71. The van der Waals surface area contributed by atoms with Crippen LogP contribution in [0.4, 0.5) is 0 Å². The van der Waals surface area contributed by atoms with Crippen LogP contribution in [0.3, 0.4) is 0 Å². The first-order chi connectivity index (χ1) is 8.71. The van der Waals surface area contributed by atoms with E-state index in [1.165, 1.54) is 0 Å². The first kappa shape index (κ1) is 13.0. The fraction of sp³-hybridized carbons (Fsp3) is 0.538. The lowest BCUT2D eigenvalue weighted by atomic mass is 9.90. The molecule has 0 unspecified atom stereocenters. The van der Waals surface area contributed by atoms with Crippen LogP contribution in [0, 0.1) is 0 Å². The van der Waals surface area contributed by atoms with Crippen molar-refractivity contribution in [2.75, 3.05) is 19.8 Å². The zero-order valence-electron chi connectivity index (χ0n) is 10.4. The molecule has 18 heavy (non-hydrogen) atoms.